The second-order valence-corrected chi connectivity index (χ2v) is 7.88. The van der Waals surface area contributed by atoms with E-state index in [0.717, 1.165) is 12.0 Å². The normalized spacial score (nSPS) is 25.8. The highest BCUT2D eigenvalue weighted by Crippen LogP contribution is 2.44. The first kappa shape index (κ1) is 16.4. The molecule has 1 aromatic rings. The Kier molecular flexibility index (Phi) is 4.99. The molecule has 1 N–H and O–H groups in total. The minimum Gasteiger partial charge on any atom is -0.459 e. The second kappa shape index (κ2) is 6.41. The van der Waals surface area contributed by atoms with Gasteiger partial charge in [0.15, 0.2) is 0 Å². The van der Waals surface area contributed by atoms with Gasteiger partial charge in [0.05, 0.1) is 6.10 Å². The lowest BCUT2D eigenvalue weighted by atomic mass is 10.0. The van der Waals surface area contributed by atoms with E-state index in [1.54, 1.807) is 0 Å². The molecule has 0 aliphatic heterocycles. The summed E-state index contributed by atoms with van der Waals surface area (Å²) in [6.45, 7) is 5.59. The fourth-order valence-corrected chi connectivity index (χ4v) is 3.95. The zero-order valence-electron chi connectivity index (χ0n) is 13.0. The summed E-state index contributed by atoms with van der Waals surface area (Å²) in [6.07, 6.45) is 1.59. The number of hydrogen-bond donors (Lipinski definition) is 1. The lowest BCUT2D eigenvalue weighted by Gasteiger charge is -2.33. The van der Waals surface area contributed by atoms with E-state index in [-0.39, 0.29) is 5.97 Å². The van der Waals surface area contributed by atoms with Crippen LogP contribution in [-0.4, -0.2) is 27.5 Å². The van der Waals surface area contributed by atoms with E-state index in [4.69, 9.17) is 4.74 Å². The minimum atomic E-state index is -0.816. The van der Waals surface area contributed by atoms with Gasteiger partial charge in [-0.15, -0.1) is 11.8 Å². The second-order valence-electron chi connectivity index (χ2n) is 6.57. The van der Waals surface area contributed by atoms with Crippen molar-refractivity contribution in [3.05, 3.63) is 35.9 Å². The predicted octanol–water partition coefficient (Wildman–Crippen LogP) is 3.55. The van der Waals surface area contributed by atoms with E-state index in [0.29, 0.717) is 18.6 Å². The van der Waals surface area contributed by atoms with Gasteiger partial charge in [-0.1, -0.05) is 30.3 Å². The van der Waals surface area contributed by atoms with Crippen molar-refractivity contribution in [2.24, 2.45) is 0 Å². The number of hydrogen-bond acceptors (Lipinski definition) is 4. The van der Waals surface area contributed by atoms with Crippen LogP contribution in [0.15, 0.2) is 30.3 Å². The van der Waals surface area contributed by atoms with E-state index in [1.165, 1.54) is 11.8 Å². The Bertz CT molecular complexity index is 481. The van der Waals surface area contributed by atoms with E-state index < -0.39 is 16.5 Å². The van der Waals surface area contributed by atoms with Crippen molar-refractivity contribution in [3.63, 3.8) is 0 Å². The van der Waals surface area contributed by atoms with Crippen molar-refractivity contribution in [1.82, 2.24) is 0 Å². The maximum absolute atomic E-state index is 12.6. The molecule has 1 aliphatic carbocycles. The number of aliphatic hydroxyl groups excluding tert-OH is 1. The third-order valence-electron chi connectivity index (χ3n) is 3.65. The summed E-state index contributed by atoms with van der Waals surface area (Å²) in [5.41, 5.74) is 0.629. The van der Waals surface area contributed by atoms with Gasteiger partial charge in [0, 0.05) is 5.75 Å². The van der Waals surface area contributed by atoms with E-state index in [1.807, 2.05) is 51.1 Å². The van der Waals surface area contributed by atoms with Gasteiger partial charge in [-0.05, 0) is 45.6 Å². The Balaban J connectivity index is 2.12. The zero-order chi connectivity index (χ0) is 15.5. The summed E-state index contributed by atoms with van der Waals surface area (Å²) in [4.78, 5) is 12.6. The number of carbonyl (C=O) groups is 1. The van der Waals surface area contributed by atoms with Gasteiger partial charge in [-0.3, -0.25) is 4.79 Å². The molecule has 21 heavy (non-hydrogen) atoms. The Morgan fingerprint density at radius 1 is 1.38 bits per heavy atom. The molecule has 2 unspecified atom stereocenters. The highest BCUT2D eigenvalue weighted by molar-refractivity contribution is 8.00. The molecule has 1 fully saturated rings. The fraction of sp³-hybridized carbons (Fsp3) is 0.588. The number of rotatable bonds is 4. The Labute approximate surface area is 131 Å². The Morgan fingerprint density at radius 3 is 2.57 bits per heavy atom. The molecule has 3 nitrogen and oxygen atoms in total. The minimum absolute atomic E-state index is 0.277. The van der Waals surface area contributed by atoms with Crippen molar-refractivity contribution in [2.75, 3.05) is 0 Å². The summed E-state index contributed by atoms with van der Waals surface area (Å²) in [6, 6.07) is 10.0. The Morgan fingerprint density at radius 2 is 2.05 bits per heavy atom. The molecule has 0 aromatic heterocycles. The van der Waals surface area contributed by atoms with Crippen LogP contribution in [0.4, 0.5) is 0 Å². The molecule has 0 radical (unpaired) electrons. The fourth-order valence-electron chi connectivity index (χ4n) is 2.57. The van der Waals surface area contributed by atoms with Crippen molar-refractivity contribution in [3.8, 4) is 0 Å². The van der Waals surface area contributed by atoms with Crippen LogP contribution in [0.5, 0.6) is 0 Å². The lowest BCUT2D eigenvalue weighted by molar-refractivity contribution is -0.160. The van der Waals surface area contributed by atoms with Crippen molar-refractivity contribution < 1.29 is 14.6 Å². The molecule has 1 aliphatic rings. The van der Waals surface area contributed by atoms with Gasteiger partial charge in [-0.25, -0.2) is 0 Å². The molecule has 1 aromatic carbocycles. The number of aliphatic hydroxyl groups is 1. The van der Waals surface area contributed by atoms with Crippen LogP contribution < -0.4 is 0 Å². The molecular weight excluding hydrogens is 284 g/mol. The van der Waals surface area contributed by atoms with Gasteiger partial charge >= 0.3 is 5.97 Å². The highest BCUT2D eigenvalue weighted by Gasteiger charge is 2.51. The van der Waals surface area contributed by atoms with E-state index in [2.05, 4.69) is 0 Å². The number of esters is 1. The van der Waals surface area contributed by atoms with Crippen LogP contribution in [0, 0.1) is 0 Å². The largest absolute Gasteiger partial charge is 0.459 e. The van der Waals surface area contributed by atoms with Crippen molar-refractivity contribution in [1.29, 1.82) is 0 Å². The maximum atomic E-state index is 12.6. The highest BCUT2D eigenvalue weighted by atomic mass is 32.2. The van der Waals surface area contributed by atoms with Gasteiger partial charge in [-0.2, -0.15) is 0 Å². The zero-order valence-corrected chi connectivity index (χ0v) is 13.8. The first-order valence-electron chi connectivity index (χ1n) is 7.43. The van der Waals surface area contributed by atoms with Gasteiger partial charge in [0.1, 0.15) is 10.3 Å². The molecule has 0 heterocycles. The number of thioether (sulfide) groups is 1. The van der Waals surface area contributed by atoms with Crippen LogP contribution in [0.2, 0.25) is 0 Å². The number of ether oxygens (including phenoxy) is 1. The third-order valence-corrected chi connectivity index (χ3v) is 5.28. The van der Waals surface area contributed by atoms with Crippen LogP contribution >= 0.6 is 11.8 Å². The van der Waals surface area contributed by atoms with Crippen LogP contribution in [0.25, 0.3) is 0 Å². The van der Waals surface area contributed by atoms with Crippen LogP contribution in [-0.2, 0) is 15.3 Å². The molecule has 2 rings (SSSR count). The first-order valence-corrected chi connectivity index (χ1v) is 8.41. The number of benzene rings is 1. The maximum Gasteiger partial charge on any atom is 0.325 e. The standard InChI is InChI=1S/C17H24O3S/c1-16(2,3)20-15(19)17(11-7-10-14(17)18)21-12-13-8-5-4-6-9-13/h4-6,8-9,14,18H,7,10-12H2,1-3H3. The molecule has 4 heteroatoms. The molecule has 0 saturated heterocycles. The summed E-state index contributed by atoms with van der Waals surface area (Å²) >= 11 is 1.52. The van der Waals surface area contributed by atoms with Crippen LogP contribution in [0.3, 0.4) is 0 Å². The predicted molar refractivity (Wildman–Crippen MR) is 86.2 cm³/mol. The molecular formula is C17H24O3S. The quantitative estimate of drug-likeness (QED) is 0.864. The first-order chi connectivity index (χ1) is 9.83. The molecule has 0 bridgehead atoms. The summed E-state index contributed by atoms with van der Waals surface area (Å²) in [5, 5.41) is 10.4. The van der Waals surface area contributed by atoms with Crippen molar-refractivity contribution >= 4 is 17.7 Å². The molecule has 116 valence electrons. The summed E-state index contributed by atoms with van der Waals surface area (Å²) < 4.78 is 4.75. The SMILES string of the molecule is CC(C)(C)OC(=O)C1(SCc2ccccc2)CCCC1O. The molecule has 0 spiro atoms. The van der Waals surface area contributed by atoms with Crippen molar-refractivity contribution in [2.45, 2.75) is 62.2 Å². The van der Waals surface area contributed by atoms with Gasteiger partial charge in [0.25, 0.3) is 0 Å². The molecule has 1 saturated carbocycles. The van der Waals surface area contributed by atoms with E-state index >= 15 is 0 Å². The van der Waals surface area contributed by atoms with Gasteiger partial charge < -0.3 is 9.84 Å². The monoisotopic (exact) mass is 308 g/mol. The third kappa shape index (κ3) is 4.01. The molecule has 2 atom stereocenters. The van der Waals surface area contributed by atoms with Gasteiger partial charge in [0.2, 0.25) is 0 Å². The number of carbonyl (C=O) groups excluding carboxylic acids is 1. The van der Waals surface area contributed by atoms with Crippen LogP contribution in [0.1, 0.15) is 45.6 Å². The summed E-state index contributed by atoms with van der Waals surface area (Å²) in [5.74, 6) is 0.429. The topological polar surface area (TPSA) is 46.5 Å². The lowest BCUT2D eigenvalue weighted by Crippen LogP contribution is -2.46. The summed E-state index contributed by atoms with van der Waals surface area (Å²) in [7, 11) is 0. The average molecular weight is 308 g/mol. The smallest absolute Gasteiger partial charge is 0.325 e. The average Bonchev–Trinajstić information content (AvgIpc) is 2.78. The molecule has 0 amide bonds. The van der Waals surface area contributed by atoms with E-state index in [9.17, 15) is 9.90 Å². The Hall–Kier alpha value is -1.00.